The topological polar surface area (TPSA) is 93.5 Å². The van der Waals surface area contributed by atoms with Crippen LogP contribution in [-0.2, 0) is 0 Å². The summed E-state index contributed by atoms with van der Waals surface area (Å²) < 4.78 is 0. The van der Waals surface area contributed by atoms with Crippen molar-refractivity contribution in [3.05, 3.63) is 24.0 Å². The number of nitrogens with one attached hydrogen (secondary N) is 2. The zero-order valence-corrected chi connectivity index (χ0v) is 16.1. The number of pyridine rings is 1. The van der Waals surface area contributed by atoms with E-state index in [1.54, 1.807) is 6.20 Å². The Labute approximate surface area is 165 Å². The highest BCUT2D eigenvalue weighted by atomic mass is 16.3. The third kappa shape index (κ3) is 2.63. The number of aromatic amines is 1. The van der Waals surface area contributed by atoms with Crippen molar-refractivity contribution in [3.8, 4) is 0 Å². The average Bonchev–Trinajstić information content (AvgIpc) is 3.36. The summed E-state index contributed by atoms with van der Waals surface area (Å²) in [6, 6.07) is 2.53. The second-order valence-corrected chi connectivity index (χ2v) is 9.68. The number of rotatable bonds is 5. The lowest BCUT2D eigenvalue weighted by atomic mass is 9.49. The number of hydrogen-bond acceptors (Lipinski definition) is 5. The van der Waals surface area contributed by atoms with Crippen LogP contribution in [-0.4, -0.2) is 44.9 Å². The molecule has 2 heterocycles. The van der Waals surface area contributed by atoms with Crippen LogP contribution in [0.2, 0.25) is 0 Å². The van der Waals surface area contributed by atoms with E-state index in [0.717, 1.165) is 47.0 Å². The highest BCUT2D eigenvalue weighted by Crippen LogP contribution is 2.59. The Hall–Kier alpha value is -1.86. The van der Waals surface area contributed by atoms with Crippen LogP contribution in [0.5, 0.6) is 0 Å². The van der Waals surface area contributed by atoms with E-state index >= 15 is 0 Å². The van der Waals surface area contributed by atoms with Gasteiger partial charge in [-0.3, -0.25) is 0 Å². The van der Waals surface area contributed by atoms with Gasteiger partial charge in [-0.2, -0.15) is 5.10 Å². The molecule has 0 aromatic carbocycles. The van der Waals surface area contributed by atoms with Crippen LogP contribution in [0.1, 0.15) is 50.5 Å². The van der Waals surface area contributed by atoms with Crippen LogP contribution < -0.4 is 10.9 Å². The normalized spacial score (nSPS) is 36.9. The van der Waals surface area contributed by atoms with Gasteiger partial charge in [0.25, 0.3) is 0 Å². The van der Waals surface area contributed by atoms with Gasteiger partial charge < -0.3 is 20.5 Å². The first-order chi connectivity index (χ1) is 13.6. The van der Waals surface area contributed by atoms with E-state index < -0.39 is 5.60 Å². The fraction of sp³-hybridized carbons (Fsp3) is 0.619. The smallest absolute Gasteiger partial charge is 0.307 e. The van der Waals surface area contributed by atoms with Gasteiger partial charge in [0.15, 0.2) is 0 Å². The predicted molar refractivity (Wildman–Crippen MR) is 110 cm³/mol. The van der Waals surface area contributed by atoms with Gasteiger partial charge >= 0.3 is 7.48 Å². The van der Waals surface area contributed by atoms with Crippen molar-refractivity contribution >= 4 is 29.7 Å². The van der Waals surface area contributed by atoms with Crippen molar-refractivity contribution in [1.82, 2.24) is 15.4 Å². The van der Waals surface area contributed by atoms with Crippen molar-refractivity contribution in [2.45, 2.75) is 56.6 Å². The summed E-state index contributed by atoms with van der Waals surface area (Å²) in [6.07, 6.45) is 11.2. The van der Waals surface area contributed by atoms with E-state index in [2.05, 4.69) is 15.4 Å². The lowest BCUT2D eigenvalue weighted by Crippen LogP contribution is -2.57. The first-order valence-electron chi connectivity index (χ1n) is 10.8. The molecule has 2 aromatic rings. The molecule has 28 heavy (non-hydrogen) atoms. The zero-order valence-electron chi connectivity index (χ0n) is 16.1. The Morgan fingerprint density at radius 3 is 2.71 bits per heavy atom. The van der Waals surface area contributed by atoms with Gasteiger partial charge in [0.2, 0.25) is 0 Å². The maximum Gasteiger partial charge on any atom is 0.307 e. The molecule has 5 saturated carbocycles. The summed E-state index contributed by atoms with van der Waals surface area (Å²) in [5, 5.41) is 27.1. The molecule has 7 rings (SSSR count). The molecule has 0 amide bonds. The highest BCUT2D eigenvalue weighted by molar-refractivity contribution is 6.49. The summed E-state index contributed by atoms with van der Waals surface area (Å²) in [4.78, 5) is 7.69. The maximum absolute atomic E-state index is 11.0. The summed E-state index contributed by atoms with van der Waals surface area (Å²) >= 11 is 0. The molecule has 5 fully saturated rings. The summed E-state index contributed by atoms with van der Waals surface area (Å²) in [7, 11) is -0.0412. The highest BCUT2D eigenvalue weighted by Gasteiger charge is 2.56. The van der Waals surface area contributed by atoms with E-state index in [1.165, 1.54) is 25.7 Å². The van der Waals surface area contributed by atoms with Crippen LogP contribution in [0, 0.1) is 23.7 Å². The first kappa shape index (κ1) is 17.0. The van der Waals surface area contributed by atoms with E-state index in [4.69, 9.17) is 5.10 Å². The number of aliphatic hydroxyl groups is 1. The molecule has 6 nitrogen and oxygen atoms in total. The van der Waals surface area contributed by atoms with Crippen molar-refractivity contribution in [1.29, 1.82) is 0 Å². The monoisotopic (exact) mass is 378 g/mol. The lowest BCUT2D eigenvalue weighted by molar-refractivity contribution is -0.137. The minimum atomic E-state index is -0.455. The van der Waals surface area contributed by atoms with E-state index in [0.29, 0.717) is 29.7 Å². The number of nitrogens with zero attached hydrogens (tertiary/aromatic N) is 2. The third-order valence-corrected chi connectivity index (χ3v) is 7.59. The van der Waals surface area contributed by atoms with Gasteiger partial charge in [-0.05, 0) is 74.2 Å². The molecule has 2 aromatic heterocycles. The van der Waals surface area contributed by atoms with Gasteiger partial charge in [0.1, 0.15) is 5.65 Å². The van der Waals surface area contributed by atoms with Gasteiger partial charge in [0.05, 0.1) is 11.3 Å². The standard InChI is InChI=1S/C21H27BN4O2/c27-21-7-11-5-12(8-21)17(13(6-11)9-21)19(26-25-14-1-2-14)18-15-3-4-23-20(15)24-10-16(18)22-28/h3-4,10-14,17,22,25,27-28H,1-2,5-9H2,(H,23,24)/b26-19-. The molecule has 5 aliphatic rings. The van der Waals surface area contributed by atoms with Crippen molar-refractivity contribution in [2.24, 2.45) is 28.8 Å². The first-order valence-corrected chi connectivity index (χ1v) is 10.8. The molecule has 2 unspecified atom stereocenters. The molecule has 0 spiro atoms. The van der Waals surface area contributed by atoms with E-state index in [1.807, 2.05) is 12.3 Å². The number of fused-ring (bicyclic) bond motifs is 1. The molecular weight excluding hydrogens is 351 g/mol. The fourth-order valence-corrected chi connectivity index (χ4v) is 6.57. The molecule has 2 atom stereocenters. The van der Waals surface area contributed by atoms with Crippen LogP contribution >= 0.6 is 0 Å². The van der Waals surface area contributed by atoms with Crippen molar-refractivity contribution in [2.75, 3.05) is 0 Å². The number of aromatic nitrogens is 2. The summed E-state index contributed by atoms with van der Waals surface area (Å²) in [5.41, 5.74) is 6.76. The number of hydrazone groups is 1. The molecule has 0 saturated heterocycles. The molecule has 0 radical (unpaired) electrons. The van der Waals surface area contributed by atoms with E-state index in [-0.39, 0.29) is 7.48 Å². The van der Waals surface area contributed by atoms with Crippen LogP contribution in [0.15, 0.2) is 23.6 Å². The molecule has 4 N–H and O–H groups in total. The average molecular weight is 378 g/mol. The van der Waals surface area contributed by atoms with Gasteiger partial charge in [0, 0.05) is 35.3 Å². The summed E-state index contributed by atoms with van der Waals surface area (Å²) in [6.45, 7) is 0. The summed E-state index contributed by atoms with van der Waals surface area (Å²) in [5.74, 6) is 1.96. The van der Waals surface area contributed by atoms with Crippen LogP contribution in [0.3, 0.4) is 0 Å². The largest absolute Gasteiger partial charge is 0.449 e. The molecule has 7 heteroatoms. The molecule has 5 aliphatic carbocycles. The van der Waals surface area contributed by atoms with Crippen LogP contribution in [0.25, 0.3) is 11.0 Å². The number of H-pyrrole nitrogens is 1. The third-order valence-electron chi connectivity index (χ3n) is 7.59. The minimum absolute atomic E-state index is 0.0412. The van der Waals surface area contributed by atoms with Gasteiger partial charge in [-0.25, -0.2) is 4.98 Å². The predicted octanol–water partition coefficient (Wildman–Crippen LogP) is 1.18. The Morgan fingerprint density at radius 1 is 1.25 bits per heavy atom. The zero-order chi connectivity index (χ0) is 18.9. The lowest BCUT2D eigenvalue weighted by Gasteiger charge is -2.58. The van der Waals surface area contributed by atoms with Crippen LogP contribution in [0.4, 0.5) is 0 Å². The minimum Gasteiger partial charge on any atom is -0.449 e. The molecular formula is C21H27BN4O2. The second-order valence-electron chi connectivity index (χ2n) is 9.68. The molecule has 0 aliphatic heterocycles. The Bertz CT molecular complexity index is 937. The fourth-order valence-electron chi connectivity index (χ4n) is 6.57. The molecule has 146 valence electrons. The molecule has 4 bridgehead atoms. The maximum atomic E-state index is 11.0. The van der Waals surface area contributed by atoms with Gasteiger partial charge in [-0.15, -0.1) is 0 Å². The van der Waals surface area contributed by atoms with Gasteiger partial charge in [-0.1, -0.05) is 0 Å². The Kier molecular flexibility index (Phi) is 3.69. The SMILES string of the molecule is OBc1cnc2[nH]ccc2c1/C(=N\NC1CC1)C1C2CC3CC1CC(O)(C3)C2. The van der Waals surface area contributed by atoms with E-state index in [9.17, 15) is 10.1 Å². The quantitative estimate of drug-likeness (QED) is 0.357. The Morgan fingerprint density at radius 2 is 2.04 bits per heavy atom. The van der Waals surface area contributed by atoms with Crippen molar-refractivity contribution in [3.63, 3.8) is 0 Å². The van der Waals surface area contributed by atoms with Crippen molar-refractivity contribution < 1.29 is 10.1 Å². The number of hydrogen-bond donors (Lipinski definition) is 4. The Balaban J connectivity index is 1.49. The second kappa shape index (κ2) is 6.07.